The maximum Gasteiger partial charge on any atom is 0.335 e. The number of aromatic hydroxyl groups is 2. The van der Waals surface area contributed by atoms with Crippen LogP contribution in [0.2, 0.25) is 0 Å². The number of aryl methyl sites for hydroxylation is 2. The molecule has 4 rings (SSSR count). The third-order valence-corrected chi connectivity index (χ3v) is 5.41. The number of carboxylic acid groups (broad SMARTS) is 2. The Bertz CT molecular complexity index is 1240. The summed E-state index contributed by atoms with van der Waals surface area (Å²) in [6.45, 7) is 0.794. The first kappa shape index (κ1) is 24.6. The highest BCUT2D eigenvalue weighted by Gasteiger charge is 2.29. The van der Waals surface area contributed by atoms with Crippen LogP contribution < -0.4 is 14.0 Å². The number of hydrogen-bond donors (Lipinski definition) is 6. The van der Waals surface area contributed by atoms with Gasteiger partial charge < -0.3 is 40.1 Å². The molecule has 1 aromatic heterocycles. The molecule has 2 heterocycles. The number of carboxylic acids is 2. The number of pyridine rings is 1. The highest BCUT2D eigenvalue weighted by molar-refractivity contribution is 5.91. The number of benzene rings is 2. The van der Waals surface area contributed by atoms with Crippen molar-refractivity contribution in [3.63, 3.8) is 0 Å². The molecule has 1 aliphatic heterocycles. The largest absolute Gasteiger partial charge is 0.504 e. The summed E-state index contributed by atoms with van der Waals surface area (Å²) in [6, 6.07) is 9.23. The third-order valence-electron chi connectivity index (χ3n) is 5.41. The smallest absolute Gasteiger partial charge is 0.335 e. The molecule has 6 N–H and O–H groups in total. The van der Waals surface area contributed by atoms with Crippen molar-refractivity contribution in [1.82, 2.24) is 0 Å². The van der Waals surface area contributed by atoms with Crippen LogP contribution in [0.4, 0.5) is 0 Å². The quantitative estimate of drug-likeness (QED) is 0.227. The van der Waals surface area contributed by atoms with Gasteiger partial charge in [-0.05, 0) is 35.2 Å². The number of methoxy groups -OCH3 is 2. The summed E-state index contributed by atoms with van der Waals surface area (Å²) in [5.74, 6) is -2.30. The standard InChI is InChI=1S/C19H17NO4.C4H6O6/c1-23-18-4-3-11-7-15-13-9-17(22)16(21)8-12(13)5-6-20(15)10-14(11)19(18)24-2;5-1(3(7)8)2(6)4(9)10/h3-4,7-10,22H,5-6H2,1-2H3;1-2,5-6H,(H,7,8)(H,9,10)/p+1. The van der Waals surface area contributed by atoms with E-state index in [2.05, 4.69) is 16.8 Å². The highest BCUT2D eigenvalue weighted by Crippen LogP contribution is 2.39. The van der Waals surface area contributed by atoms with Crippen molar-refractivity contribution in [3.05, 3.63) is 42.1 Å². The van der Waals surface area contributed by atoms with Crippen molar-refractivity contribution in [2.45, 2.75) is 25.2 Å². The second-order valence-electron chi connectivity index (χ2n) is 7.47. The molecule has 0 saturated carbocycles. The van der Waals surface area contributed by atoms with Crippen molar-refractivity contribution >= 4 is 22.7 Å². The van der Waals surface area contributed by atoms with Gasteiger partial charge in [0.2, 0.25) is 5.69 Å². The molecule has 0 saturated heterocycles. The second-order valence-corrected chi connectivity index (χ2v) is 7.47. The molecule has 11 heteroatoms. The van der Waals surface area contributed by atoms with Crippen LogP contribution in [0.1, 0.15) is 5.56 Å². The number of fused-ring (bicyclic) bond motifs is 4. The number of aromatic nitrogens is 1. The summed E-state index contributed by atoms with van der Waals surface area (Å²) in [4.78, 5) is 19.5. The summed E-state index contributed by atoms with van der Waals surface area (Å²) in [5, 5.41) is 54.1. The van der Waals surface area contributed by atoms with Crippen LogP contribution in [0.25, 0.3) is 22.0 Å². The zero-order valence-corrected chi connectivity index (χ0v) is 18.3. The normalized spacial score (nSPS) is 13.5. The van der Waals surface area contributed by atoms with Crippen LogP contribution in [0, 0.1) is 0 Å². The maximum atomic E-state index is 9.87. The molecule has 0 radical (unpaired) electrons. The fourth-order valence-electron chi connectivity index (χ4n) is 3.67. The Morgan fingerprint density at radius 1 is 0.941 bits per heavy atom. The van der Waals surface area contributed by atoms with Gasteiger partial charge in [0.25, 0.3) is 0 Å². The maximum absolute atomic E-state index is 9.87. The van der Waals surface area contributed by atoms with E-state index in [9.17, 15) is 19.8 Å². The SMILES string of the molecule is COc1ccc2cc3[n+](cc2c1OC)CCc1cc(O)c(O)cc1-3.O=C(O)C(O)C(O)C(=O)O. The minimum Gasteiger partial charge on any atom is -0.504 e. The van der Waals surface area contributed by atoms with Gasteiger partial charge in [0.05, 0.1) is 25.2 Å². The molecule has 0 bridgehead atoms. The highest BCUT2D eigenvalue weighted by atomic mass is 16.5. The van der Waals surface area contributed by atoms with Crippen LogP contribution in [-0.4, -0.2) is 69.0 Å². The number of phenolic OH excluding ortho intramolecular Hbond substituents is 2. The molecule has 180 valence electrons. The van der Waals surface area contributed by atoms with Crippen LogP contribution in [-0.2, 0) is 22.6 Å². The van der Waals surface area contributed by atoms with Crippen LogP contribution in [0.3, 0.4) is 0 Å². The van der Waals surface area contributed by atoms with E-state index in [1.807, 2.05) is 12.1 Å². The average molecular weight is 474 g/mol. The molecule has 0 fully saturated rings. The van der Waals surface area contributed by atoms with Gasteiger partial charge in [0.1, 0.15) is 0 Å². The minimum atomic E-state index is -2.27. The Morgan fingerprint density at radius 3 is 2.12 bits per heavy atom. The van der Waals surface area contributed by atoms with Crippen LogP contribution >= 0.6 is 0 Å². The number of nitrogens with zero attached hydrogens (tertiary/aromatic N) is 1. The van der Waals surface area contributed by atoms with Gasteiger partial charge in [-0.1, -0.05) is 0 Å². The van der Waals surface area contributed by atoms with E-state index in [0.29, 0.717) is 11.5 Å². The fourth-order valence-corrected chi connectivity index (χ4v) is 3.67. The monoisotopic (exact) mass is 474 g/mol. The molecule has 1 aliphatic rings. The van der Waals surface area contributed by atoms with Gasteiger partial charge in [-0.25, -0.2) is 9.59 Å². The van der Waals surface area contributed by atoms with Gasteiger partial charge in [-0.15, -0.1) is 0 Å². The summed E-state index contributed by atoms with van der Waals surface area (Å²) >= 11 is 0. The zero-order valence-electron chi connectivity index (χ0n) is 18.3. The van der Waals surface area contributed by atoms with E-state index in [1.165, 1.54) is 0 Å². The number of aliphatic hydroxyl groups is 2. The number of hydrogen-bond acceptors (Lipinski definition) is 8. The topological polar surface area (TPSA) is 178 Å². The zero-order chi connectivity index (χ0) is 25.2. The van der Waals surface area contributed by atoms with Crippen LogP contribution in [0.15, 0.2) is 36.5 Å². The van der Waals surface area contributed by atoms with E-state index in [-0.39, 0.29) is 11.5 Å². The summed E-state index contributed by atoms with van der Waals surface area (Å²) in [6.07, 6.45) is -1.69. The number of aliphatic hydroxyl groups excluding tert-OH is 2. The van der Waals surface area contributed by atoms with E-state index < -0.39 is 24.1 Å². The Kier molecular flexibility index (Phi) is 7.08. The molecule has 3 aromatic rings. The lowest BCUT2D eigenvalue weighted by Gasteiger charge is -2.17. The molecule has 2 atom stereocenters. The molecule has 0 aliphatic carbocycles. The van der Waals surface area contributed by atoms with Gasteiger partial charge in [0, 0.05) is 12.5 Å². The number of aliphatic carboxylic acids is 2. The number of phenols is 2. The Balaban J connectivity index is 0.000000277. The Morgan fingerprint density at radius 2 is 1.56 bits per heavy atom. The first-order valence-electron chi connectivity index (χ1n) is 10.0. The molecule has 34 heavy (non-hydrogen) atoms. The summed E-state index contributed by atoms with van der Waals surface area (Å²) in [5.41, 5.74) is 2.98. The van der Waals surface area contributed by atoms with E-state index in [0.717, 1.165) is 40.6 Å². The number of ether oxygens (including phenoxy) is 2. The lowest BCUT2D eigenvalue weighted by atomic mass is 9.95. The Hall–Kier alpha value is -4.09. The summed E-state index contributed by atoms with van der Waals surface area (Å²) in [7, 11) is 3.26. The molecular weight excluding hydrogens is 450 g/mol. The van der Waals surface area contributed by atoms with Gasteiger partial charge in [-0.2, -0.15) is 4.57 Å². The lowest BCUT2D eigenvalue weighted by molar-refractivity contribution is -0.686. The fraction of sp³-hybridized carbons (Fsp3) is 0.261. The third kappa shape index (κ3) is 4.65. The molecule has 2 aromatic carbocycles. The van der Waals surface area contributed by atoms with Crippen molar-refractivity contribution in [1.29, 1.82) is 0 Å². The van der Waals surface area contributed by atoms with Gasteiger partial charge >= 0.3 is 11.9 Å². The van der Waals surface area contributed by atoms with Crippen molar-refractivity contribution in [2.75, 3.05) is 14.2 Å². The van der Waals surface area contributed by atoms with Crippen molar-refractivity contribution in [2.24, 2.45) is 0 Å². The van der Waals surface area contributed by atoms with Crippen LogP contribution in [0.5, 0.6) is 23.0 Å². The predicted molar refractivity (Wildman–Crippen MR) is 117 cm³/mol. The first-order valence-corrected chi connectivity index (χ1v) is 10.0. The predicted octanol–water partition coefficient (Wildman–Crippen LogP) is 0.656. The molecule has 0 spiro atoms. The van der Waals surface area contributed by atoms with E-state index in [1.54, 1.807) is 26.4 Å². The molecule has 2 unspecified atom stereocenters. The first-order chi connectivity index (χ1) is 16.1. The second kappa shape index (κ2) is 9.81. The van der Waals surface area contributed by atoms with Crippen molar-refractivity contribution in [3.8, 4) is 34.3 Å². The molecule has 0 amide bonds. The van der Waals surface area contributed by atoms with Gasteiger partial charge in [-0.3, -0.25) is 0 Å². The van der Waals surface area contributed by atoms with Crippen molar-refractivity contribution < 1.29 is 54.3 Å². The number of rotatable bonds is 5. The van der Waals surface area contributed by atoms with Gasteiger partial charge in [0.15, 0.2) is 47.9 Å². The molecular formula is C23H24NO10+. The van der Waals surface area contributed by atoms with E-state index in [4.69, 9.17) is 29.9 Å². The minimum absolute atomic E-state index is 0.0746. The lowest BCUT2D eigenvalue weighted by Crippen LogP contribution is -2.40. The molecule has 11 nitrogen and oxygen atoms in total. The average Bonchev–Trinajstić information content (AvgIpc) is 2.82. The number of carbonyl (C=O) groups is 2. The summed E-state index contributed by atoms with van der Waals surface area (Å²) < 4.78 is 13.1. The van der Waals surface area contributed by atoms with E-state index >= 15 is 0 Å². The Labute approximate surface area is 193 Å².